The molecule has 1 aromatic carbocycles. The van der Waals surface area contributed by atoms with Gasteiger partial charge < -0.3 is 9.47 Å². The van der Waals surface area contributed by atoms with Gasteiger partial charge in [-0.15, -0.1) is 11.8 Å². The second-order valence-electron chi connectivity index (χ2n) is 8.53. The van der Waals surface area contributed by atoms with Crippen molar-refractivity contribution in [1.29, 1.82) is 0 Å². The van der Waals surface area contributed by atoms with E-state index in [1.807, 2.05) is 6.92 Å². The fourth-order valence-electron chi connectivity index (χ4n) is 4.72. The summed E-state index contributed by atoms with van der Waals surface area (Å²) in [4.78, 5) is 23.9. The van der Waals surface area contributed by atoms with Crippen molar-refractivity contribution >= 4 is 11.8 Å². The zero-order valence-corrected chi connectivity index (χ0v) is 18.4. The highest BCUT2D eigenvalue weighted by atomic mass is 16.5. The van der Waals surface area contributed by atoms with Crippen LogP contribution >= 0.6 is 0 Å². The first-order valence-electron chi connectivity index (χ1n) is 10.9. The van der Waals surface area contributed by atoms with Gasteiger partial charge in [-0.3, -0.25) is 9.59 Å². The van der Waals surface area contributed by atoms with Gasteiger partial charge in [0.2, 0.25) is 0 Å². The molecule has 30 heavy (non-hydrogen) atoms. The lowest BCUT2D eigenvalue weighted by Crippen LogP contribution is -2.15. The number of hydrogen-bond acceptors (Lipinski definition) is 4. The normalized spacial score (nSPS) is 25.1. The molecule has 1 aromatic rings. The minimum Gasteiger partial charge on any atom is -0.489 e. The van der Waals surface area contributed by atoms with Gasteiger partial charge in [-0.1, -0.05) is 38.1 Å². The number of aryl methyl sites for hydroxylation is 1. The molecular weight excluding hydrogens is 376 g/mol. The maximum absolute atomic E-state index is 12.5. The maximum atomic E-state index is 12.5. The largest absolute Gasteiger partial charge is 0.489 e. The molecule has 2 aliphatic rings. The molecule has 0 saturated heterocycles. The van der Waals surface area contributed by atoms with Gasteiger partial charge in [0.25, 0.3) is 0 Å². The number of ketones is 1. The third kappa shape index (κ3) is 4.78. The zero-order valence-electron chi connectivity index (χ0n) is 18.4. The standard InChI is InChI=1S/C26H32O4/c1-5-6-9-17(2)22(27)15-14-20-18(3)16-23-25(20)21-12-7-10-19(26(21)30-23)11-8-13-24(28)29-4/h7,10,12,14-15,17-18,20,23,25H,8-9,11,13,16H2,1-4H3/b15-14+/t17?,18-,20+,23+,25+/m1/s1. The minimum absolute atomic E-state index is 0.0743. The number of carbonyl (C=O) groups excluding carboxylic acids is 2. The van der Waals surface area contributed by atoms with E-state index in [4.69, 9.17) is 9.47 Å². The van der Waals surface area contributed by atoms with Crippen LogP contribution < -0.4 is 4.74 Å². The van der Waals surface area contributed by atoms with Crippen molar-refractivity contribution in [3.63, 3.8) is 0 Å². The molecule has 1 saturated carbocycles. The summed E-state index contributed by atoms with van der Waals surface area (Å²) < 4.78 is 11.1. The highest BCUT2D eigenvalue weighted by Gasteiger charge is 2.47. The van der Waals surface area contributed by atoms with Gasteiger partial charge in [0.05, 0.1) is 7.11 Å². The summed E-state index contributed by atoms with van der Waals surface area (Å²) in [5.41, 5.74) is 2.40. The number of allylic oxidation sites excluding steroid dienone is 2. The number of benzene rings is 1. The number of rotatable bonds is 8. The molecule has 1 fully saturated rings. The Labute approximate surface area is 180 Å². The average molecular weight is 409 g/mol. The fourth-order valence-corrected chi connectivity index (χ4v) is 4.72. The number of para-hydroxylation sites is 1. The zero-order chi connectivity index (χ0) is 21.7. The van der Waals surface area contributed by atoms with Gasteiger partial charge in [0, 0.05) is 30.2 Å². The Morgan fingerprint density at radius 2 is 2.17 bits per heavy atom. The van der Waals surface area contributed by atoms with Crippen LogP contribution in [0.4, 0.5) is 0 Å². The predicted molar refractivity (Wildman–Crippen MR) is 117 cm³/mol. The van der Waals surface area contributed by atoms with Crippen LogP contribution in [0.15, 0.2) is 30.4 Å². The monoisotopic (exact) mass is 408 g/mol. The summed E-state index contributed by atoms with van der Waals surface area (Å²) in [6.07, 6.45) is 7.58. The summed E-state index contributed by atoms with van der Waals surface area (Å²) in [7, 11) is 1.42. The van der Waals surface area contributed by atoms with E-state index in [2.05, 4.69) is 43.0 Å². The van der Waals surface area contributed by atoms with E-state index >= 15 is 0 Å². The number of fused-ring (bicyclic) bond motifs is 3. The van der Waals surface area contributed by atoms with Crippen LogP contribution in [0.5, 0.6) is 5.75 Å². The molecule has 1 aliphatic heterocycles. The Morgan fingerprint density at radius 1 is 1.37 bits per heavy atom. The SMILES string of the molecule is CC#CCC(C)C(=O)/C=C/[C@@H]1[C@H]2c3cccc(CCCC(=O)OC)c3O[C@H]2C[C@H]1C. The first kappa shape index (κ1) is 22.2. The summed E-state index contributed by atoms with van der Waals surface area (Å²) >= 11 is 0. The highest BCUT2D eigenvalue weighted by molar-refractivity contribution is 5.91. The van der Waals surface area contributed by atoms with Gasteiger partial charge in [0.1, 0.15) is 11.9 Å². The molecule has 0 aromatic heterocycles. The summed E-state index contributed by atoms with van der Waals surface area (Å²) in [6.45, 7) is 5.98. The van der Waals surface area contributed by atoms with Crippen LogP contribution in [0.25, 0.3) is 0 Å². The number of hydrogen-bond donors (Lipinski definition) is 0. The number of carbonyl (C=O) groups is 2. The first-order chi connectivity index (χ1) is 14.5. The molecular formula is C26H32O4. The van der Waals surface area contributed by atoms with E-state index < -0.39 is 0 Å². The Balaban J connectivity index is 1.73. The lowest BCUT2D eigenvalue weighted by atomic mass is 9.84. The van der Waals surface area contributed by atoms with Crippen molar-refractivity contribution in [1.82, 2.24) is 0 Å². The van der Waals surface area contributed by atoms with Crippen molar-refractivity contribution in [3.8, 4) is 17.6 Å². The van der Waals surface area contributed by atoms with Crippen LogP contribution in [0.2, 0.25) is 0 Å². The van der Waals surface area contributed by atoms with Crippen molar-refractivity contribution in [2.24, 2.45) is 17.8 Å². The van der Waals surface area contributed by atoms with Crippen molar-refractivity contribution in [2.75, 3.05) is 7.11 Å². The van der Waals surface area contributed by atoms with Crippen LogP contribution in [0.1, 0.15) is 63.5 Å². The molecule has 1 unspecified atom stereocenters. The molecule has 0 spiro atoms. The number of methoxy groups -OCH3 is 1. The summed E-state index contributed by atoms with van der Waals surface area (Å²) in [6, 6.07) is 6.33. The Morgan fingerprint density at radius 3 is 2.90 bits per heavy atom. The lowest BCUT2D eigenvalue weighted by Gasteiger charge is -2.18. The molecule has 4 heteroatoms. The van der Waals surface area contributed by atoms with Crippen molar-refractivity contribution < 1.29 is 19.1 Å². The second-order valence-corrected chi connectivity index (χ2v) is 8.53. The van der Waals surface area contributed by atoms with Crippen LogP contribution in [0, 0.1) is 29.6 Å². The molecule has 0 N–H and O–H groups in total. The Kier molecular flexibility index (Phi) is 7.37. The van der Waals surface area contributed by atoms with Crippen LogP contribution in [-0.4, -0.2) is 25.0 Å². The van der Waals surface area contributed by atoms with Gasteiger partial charge in [-0.05, 0) is 49.7 Å². The third-order valence-corrected chi connectivity index (χ3v) is 6.44. The molecule has 1 aliphatic carbocycles. The predicted octanol–water partition coefficient (Wildman–Crippen LogP) is 4.86. The topological polar surface area (TPSA) is 52.6 Å². The molecule has 4 nitrogen and oxygen atoms in total. The van der Waals surface area contributed by atoms with Crippen LogP contribution in [0.3, 0.4) is 0 Å². The lowest BCUT2D eigenvalue weighted by molar-refractivity contribution is -0.140. The minimum atomic E-state index is -0.178. The van der Waals surface area contributed by atoms with E-state index in [1.54, 1.807) is 13.0 Å². The molecule has 5 atom stereocenters. The molecule has 0 radical (unpaired) electrons. The molecule has 0 amide bonds. The van der Waals surface area contributed by atoms with Gasteiger partial charge in [0.15, 0.2) is 5.78 Å². The number of esters is 1. The van der Waals surface area contributed by atoms with E-state index in [0.29, 0.717) is 18.8 Å². The highest BCUT2D eigenvalue weighted by Crippen LogP contribution is 2.54. The van der Waals surface area contributed by atoms with Crippen molar-refractivity contribution in [3.05, 3.63) is 41.5 Å². The smallest absolute Gasteiger partial charge is 0.305 e. The summed E-state index contributed by atoms with van der Waals surface area (Å²) in [5.74, 6) is 7.77. The summed E-state index contributed by atoms with van der Waals surface area (Å²) in [5, 5.41) is 0. The van der Waals surface area contributed by atoms with Gasteiger partial charge >= 0.3 is 5.97 Å². The second kappa shape index (κ2) is 9.98. The van der Waals surface area contributed by atoms with E-state index in [0.717, 1.165) is 30.6 Å². The average Bonchev–Trinajstić information content (AvgIpc) is 3.25. The Hall–Kier alpha value is -2.54. The fraction of sp³-hybridized carbons (Fsp3) is 0.538. The number of ether oxygens (including phenoxy) is 2. The molecule has 0 bridgehead atoms. The third-order valence-electron chi connectivity index (χ3n) is 6.44. The first-order valence-corrected chi connectivity index (χ1v) is 10.9. The quantitative estimate of drug-likeness (QED) is 0.350. The van der Waals surface area contributed by atoms with Gasteiger partial charge in [-0.25, -0.2) is 0 Å². The van der Waals surface area contributed by atoms with E-state index in [9.17, 15) is 9.59 Å². The molecule has 1 heterocycles. The van der Waals surface area contributed by atoms with E-state index in [1.165, 1.54) is 12.7 Å². The van der Waals surface area contributed by atoms with Gasteiger partial charge in [-0.2, -0.15) is 0 Å². The van der Waals surface area contributed by atoms with Crippen LogP contribution in [-0.2, 0) is 20.7 Å². The van der Waals surface area contributed by atoms with Crippen molar-refractivity contribution in [2.45, 2.75) is 64.9 Å². The molecule has 3 rings (SSSR count). The Bertz CT molecular complexity index is 873. The molecule has 160 valence electrons. The maximum Gasteiger partial charge on any atom is 0.305 e. The van der Waals surface area contributed by atoms with E-state index in [-0.39, 0.29) is 35.6 Å².